The second-order valence-corrected chi connectivity index (χ2v) is 7.92. The molecule has 28 heavy (non-hydrogen) atoms. The number of hydrogen-bond acceptors (Lipinski definition) is 4. The fourth-order valence-corrected chi connectivity index (χ4v) is 3.65. The molecule has 1 unspecified atom stereocenters. The second-order valence-electron chi connectivity index (χ2n) is 7.06. The van der Waals surface area contributed by atoms with Crippen LogP contribution in [0.25, 0.3) is 0 Å². The van der Waals surface area contributed by atoms with E-state index in [9.17, 15) is 0 Å². The first kappa shape index (κ1) is 20.8. The van der Waals surface area contributed by atoms with Crippen molar-refractivity contribution in [3.8, 4) is 0 Å². The predicted molar refractivity (Wildman–Crippen MR) is 114 cm³/mol. The Morgan fingerprint density at radius 3 is 3.04 bits per heavy atom. The highest BCUT2D eigenvalue weighted by Crippen LogP contribution is 2.17. The highest BCUT2D eigenvalue weighted by atomic mass is 79.9. The lowest BCUT2D eigenvalue weighted by atomic mass is 10.1. The van der Waals surface area contributed by atoms with Crippen molar-refractivity contribution in [3.05, 3.63) is 46.5 Å². The molecular weight excluding hydrogens is 420 g/mol. The van der Waals surface area contributed by atoms with Crippen molar-refractivity contribution in [2.24, 2.45) is 10.9 Å². The van der Waals surface area contributed by atoms with Gasteiger partial charge in [0.05, 0.1) is 6.61 Å². The van der Waals surface area contributed by atoms with Crippen molar-refractivity contribution in [1.82, 2.24) is 25.0 Å². The largest absolute Gasteiger partial charge is 0.381 e. The molecule has 0 bridgehead atoms. The Balaban J connectivity index is 1.63. The maximum Gasteiger partial charge on any atom is 0.194 e. The molecule has 1 aromatic carbocycles. The summed E-state index contributed by atoms with van der Waals surface area (Å²) >= 11 is 3.64. The summed E-state index contributed by atoms with van der Waals surface area (Å²) < 4.78 is 8.69. The summed E-state index contributed by atoms with van der Waals surface area (Å²) in [4.78, 5) is 7.06. The van der Waals surface area contributed by atoms with Crippen LogP contribution in [0.1, 0.15) is 24.7 Å². The molecule has 2 heterocycles. The molecule has 0 spiro atoms. The first-order valence-corrected chi connectivity index (χ1v) is 10.6. The zero-order valence-corrected chi connectivity index (χ0v) is 18.2. The van der Waals surface area contributed by atoms with Gasteiger partial charge in [0.15, 0.2) is 5.96 Å². The van der Waals surface area contributed by atoms with E-state index in [4.69, 9.17) is 9.73 Å². The molecule has 0 amide bonds. The van der Waals surface area contributed by atoms with E-state index in [2.05, 4.69) is 73.1 Å². The Bertz CT molecular complexity index is 772. The number of guanidine groups is 1. The monoisotopic (exact) mass is 448 g/mol. The van der Waals surface area contributed by atoms with Crippen molar-refractivity contribution in [2.75, 3.05) is 33.4 Å². The van der Waals surface area contributed by atoms with Gasteiger partial charge < -0.3 is 19.5 Å². The van der Waals surface area contributed by atoms with Crippen LogP contribution in [-0.4, -0.2) is 59.0 Å². The van der Waals surface area contributed by atoms with Crippen LogP contribution in [0.3, 0.4) is 0 Å². The van der Waals surface area contributed by atoms with E-state index in [0.29, 0.717) is 5.92 Å². The number of benzene rings is 1. The predicted octanol–water partition coefficient (Wildman–Crippen LogP) is 2.72. The SMILES string of the molecule is CCc1nncn1CCNC(=NCC1CCOC1)N(C)Cc1ccccc1Br. The number of aromatic nitrogens is 3. The van der Waals surface area contributed by atoms with Crippen LogP contribution in [0.5, 0.6) is 0 Å². The third kappa shape index (κ3) is 5.78. The zero-order valence-electron chi connectivity index (χ0n) is 16.6. The van der Waals surface area contributed by atoms with Crippen LogP contribution in [-0.2, 0) is 24.2 Å². The standard InChI is InChI=1S/C20H29BrN6O/c1-3-19-25-24-15-27(19)10-9-22-20(23-12-16-8-11-28-14-16)26(2)13-17-6-4-5-7-18(17)21/h4-7,15-16H,3,8-14H2,1-2H3,(H,22,23). The van der Waals surface area contributed by atoms with Gasteiger partial charge in [-0.25, -0.2) is 0 Å². The Labute approximate surface area is 175 Å². The number of aliphatic imine (C=N–C) groups is 1. The Hall–Kier alpha value is -1.93. The number of nitrogens with zero attached hydrogens (tertiary/aromatic N) is 5. The Kier molecular flexibility index (Phi) is 7.85. The highest BCUT2D eigenvalue weighted by molar-refractivity contribution is 9.10. The topological polar surface area (TPSA) is 67.6 Å². The summed E-state index contributed by atoms with van der Waals surface area (Å²) in [6, 6.07) is 8.30. The van der Waals surface area contributed by atoms with Gasteiger partial charge in [-0.15, -0.1) is 10.2 Å². The molecule has 1 atom stereocenters. The minimum Gasteiger partial charge on any atom is -0.381 e. The molecule has 0 radical (unpaired) electrons. The summed E-state index contributed by atoms with van der Waals surface area (Å²) in [6.07, 6.45) is 3.76. The fraction of sp³-hybridized carbons (Fsp3) is 0.550. The molecule has 152 valence electrons. The molecule has 3 rings (SSSR count). The average Bonchev–Trinajstić information content (AvgIpc) is 3.37. The van der Waals surface area contributed by atoms with Gasteiger partial charge in [0.25, 0.3) is 0 Å². The molecule has 1 N–H and O–H groups in total. The van der Waals surface area contributed by atoms with Crippen molar-refractivity contribution in [2.45, 2.75) is 32.9 Å². The Morgan fingerprint density at radius 1 is 1.43 bits per heavy atom. The van der Waals surface area contributed by atoms with Gasteiger partial charge >= 0.3 is 0 Å². The third-order valence-electron chi connectivity index (χ3n) is 4.90. The molecule has 7 nitrogen and oxygen atoms in total. The lowest BCUT2D eigenvalue weighted by Gasteiger charge is -2.24. The summed E-state index contributed by atoms with van der Waals surface area (Å²) in [6.45, 7) is 6.90. The Morgan fingerprint density at radius 2 is 2.29 bits per heavy atom. The normalized spacial score (nSPS) is 17.1. The molecule has 1 aliphatic rings. The van der Waals surface area contributed by atoms with Gasteiger partial charge in [-0.1, -0.05) is 41.1 Å². The van der Waals surface area contributed by atoms with Crippen molar-refractivity contribution in [1.29, 1.82) is 0 Å². The van der Waals surface area contributed by atoms with Gasteiger partial charge in [-0.2, -0.15) is 0 Å². The molecule has 8 heteroatoms. The van der Waals surface area contributed by atoms with E-state index < -0.39 is 0 Å². The number of rotatable bonds is 8. The molecular formula is C20H29BrN6O. The molecule has 1 aromatic heterocycles. The van der Waals surface area contributed by atoms with Crippen LogP contribution in [0.2, 0.25) is 0 Å². The minimum absolute atomic E-state index is 0.512. The summed E-state index contributed by atoms with van der Waals surface area (Å²) in [5.41, 5.74) is 1.23. The van der Waals surface area contributed by atoms with E-state index in [1.165, 1.54) is 5.56 Å². The maximum absolute atomic E-state index is 5.49. The molecule has 1 saturated heterocycles. The van der Waals surface area contributed by atoms with Crippen molar-refractivity contribution < 1.29 is 4.74 Å². The first-order chi connectivity index (χ1) is 13.7. The van der Waals surface area contributed by atoms with E-state index in [0.717, 1.165) is 68.5 Å². The van der Waals surface area contributed by atoms with Crippen LogP contribution < -0.4 is 5.32 Å². The van der Waals surface area contributed by atoms with E-state index >= 15 is 0 Å². The quantitative estimate of drug-likeness (QED) is 0.496. The van der Waals surface area contributed by atoms with Crippen LogP contribution in [0, 0.1) is 5.92 Å². The van der Waals surface area contributed by atoms with Gasteiger partial charge in [0, 0.05) is 56.6 Å². The summed E-state index contributed by atoms with van der Waals surface area (Å²) in [5.74, 6) is 2.43. The lowest BCUT2D eigenvalue weighted by Crippen LogP contribution is -2.40. The van der Waals surface area contributed by atoms with Gasteiger partial charge in [-0.05, 0) is 18.1 Å². The van der Waals surface area contributed by atoms with Crippen LogP contribution in [0.4, 0.5) is 0 Å². The average molecular weight is 449 g/mol. The van der Waals surface area contributed by atoms with E-state index in [1.54, 1.807) is 6.33 Å². The second kappa shape index (κ2) is 10.6. The molecule has 0 aliphatic carbocycles. The van der Waals surface area contributed by atoms with Gasteiger partial charge in [0.2, 0.25) is 0 Å². The van der Waals surface area contributed by atoms with Crippen LogP contribution >= 0.6 is 15.9 Å². The van der Waals surface area contributed by atoms with Gasteiger partial charge in [-0.3, -0.25) is 4.99 Å². The van der Waals surface area contributed by atoms with Gasteiger partial charge in [0.1, 0.15) is 12.2 Å². The summed E-state index contributed by atoms with van der Waals surface area (Å²) in [5, 5.41) is 11.7. The number of nitrogens with one attached hydrogen (secondary N) is 1. The lowest BCUT2D eigenvalue weighted by molar-refractivity contribution is 0.187. The highest BCUT2D eigenvalue weighted by Gasteiger charge is 2.16. The number of hydrogen-bond donors (Lipinski definition) is 1. The smallest absolute Gasteiger partial charge is 0.194 e. The number of aryl methyl sites for hydroxylation is 1. The van der Waals surface area contributed by atoms with Crippen molar-refractivity contribution >= 4 is 21.9 Å². The maximum atomic E-state index is 5.49. The van der Waals surface area contributed by atoms with Crippen LogP contribution in [0.15, 0.2) is 40.1 Å². The number of halogens is 1. The fourth-order valence-electron chi connectivity index (χ4n) is 3.24. The summed E-state index contributed by atoms with van der Waals surface area (Å²) in [7, 11) is 2.08. The molecule has 2 aromatic rings. The van der Waals surface area contributed by atoms with E-state index in [-0.39, 0.29) is 0 Å². The molecule has 1 fully saturated rings. The minimum atomic E-state index is 0.512. The molecule has 0 saturated carbocycles. The third-order valence-corrected chi connectivity index (χ3v) is 5.67. The number of ether oxygens (including phenoxy) is 1. The van der Waals surface area contributed by atoms with Crippen molar-refractivity contribution in [3.63, 3.8) is 0 Å². The van der Waals surface area contributed by atoms with E-state index in [1.807, 2.05) is 6.07 Å². The zero-order chi connectivity index (χ0) is 19.8. The first-order valence-electron chi connectivity index (χ1n) is 9.84. The molecule has 1 aliphatic heterocycles.